The Hall–Kier alpha value is -4.91. The minimum atomic E-state index is -4.45. The summed E-state index contributed by atoms with van der Waals surface area (Å²) in [5, 5.41) is 1.36. The fourth-order valence-electron chi connectivity index (χ4n) is 7.59. The topological polar surface area (TPSA) is 112 Å². The highest BCUT2D eigenvalue weighted by Gasteiger charge is 2.35. The second kappa shape index (κ2) is 21.0. The summed E-state index contributed by atoms with van der Waals surface area (Å²) in [6.45, 7) is 3.53. The van der Waals surface area contributed by atoms with E-state index in [1.54, 1.807) is 4.90 Å². The van der Waals surface area contributed by atoms with E-state index in [1.165, 1.54) is 46.1 Å². The third kappa shape index (κ3) is 11.8. The number of fused-ring (bicyclic) bond motifs is 2. The number of amides is 1. The molecule has 4 heterocycles. The fraction of sp³-hybridized carbons (Fsp3) is 0.395. The summed E-state index contributed by atoms with van der Waals surface area (Å²) in [6.07, 6.45) is -6.39. The van der Waals surface area contributed by atoms with E-state index in [1.807, 2.05) is 18.2 Å². The molecule has 0 bridgehead atoms. The number of nitrogens with zero attached hydrogens (tertiary/aromatic N) is 2. The molecule has 2 aliphatic rings. The molecule has 62 heavy (non-hydrogen) atoms. The van der Waals surface area contributed by atoms with Gasteiger partial charge >= 0.3 is 35.8 Å². The van der Waals surface area contributed by atoms with E-state index in [9.17, 15) is 45.5 Å². The number of alkyl halides is 6. The molecular weight excluding hydrogens is 886 g/mol. The number of likely N-dealkylation sites (tertiary alicyclic amines) is 2. The maximum Gasteiger partial charge on any atom is 0.416 e. The molecule has 0 unspecified atom stereocenters. The van der Waals surface area contributed by atoms with Crippen LogP contribution in [-0.4, -0.2) is 87.9 Å². The Morgan fingerprint density at radius 1 is 0.629 bits per heavy atom. The molecule has 0 atom stereocenters. The van der Waals surface area contributed by atoms with E-state index in [0.29, 0.717) is 56.0 Å². The molecular formula is C43H43ClF6N2O8S2. The van der Waals surface area contributed by atoms with Crippen LogP contribution in [0, 0.1) is 0 Å². The Morgan fingerprint density at radius 3 is 1.42 bits per heavy atom. The number of halogens is 7. The molecule has 2 fully saturated rings. The predicted octanol–water partition coefficient (Wildman–Crippen LogP) is 11.7. The average Bonchev–Trinajstić information content (AvgIpc) is 3.85. The molecule has 2 aromatic heterocycles. The molecule has 0 aliphatic carbocycles. The van der Waals surface area contributed by atoms with Gasteiger partial charge in [-0.15, -0.1) is 22.7 Å². The Kier molecular flexibility index (Phi) is 16.3. The number of piperidine rings is 2. The van der Waals surface area contributed by atoms with Crippen LogP contribution in [0.1, 0.15) is 84.7 Å². The molecule has 3 aromatic carbocycles. The van der Waals surface area contributed by atoms with Gasteiger partial charge in [-0.1, -0.05) is 42.5 Å². The molecule has 5 aromatic rings. The lowest BCUT2D eigenvalue weighted by Gasteiger charge is -2.32. The van der Waals surface area contributed by atoms with Crippen LogP contribution in [-0.2, 0) is 37.8 Å². The number of rotatable bonds is 6. The minimum Gasteiger partial charge on any atom is -0.465 e. The number of hydrogen-bond donors (Lipinski definition) is 0. The van der Waals surface area contributed by atoms with Gasteiger partial charge in [-0.3, -0.25) is 4.90 Å². The van der Waals surface area contributed by atoms with Crippen molar-refractivity contribution in [2.45, 2.75) is 56.4 Å². The van der Waals surface area contributed by atoms with E-state index in [4.69, 9.17) is 14.2 Å². The monoisotopic (exact) mass is 928 g/mol. The largest absolute Gasteiger partial charge is 0.465 e. The van der Waals surface area contributed by atoms with Crippen LogP contribution in [0.25, 0.3) is 20.2 Å². The Bertz CT molecular complexity index is 2350. The van der Waals surface area contributed by atoms with Crippen molar-refractivity contribution in [3.05, 3.63) is 104 Å². The summed E-state index contributed by atoms with van der Waals surface area (Å²) in [6, 6.07) is 17.5. The molecule has 2 saturated heterocycles. The quantitative estimate of drug-likeness (QED) is 0.0711. The summed E-state index contributed by atoms with van der Waals surface area (Å²) in [4.78, 5) is 50.3. The number of methoxy groups -OCH3 is 4. The van der Waals surface area contributed by atoms with Crippen molar-refractivity contribution in [1.82, 2.24) is 9.80 Å². The van der Waals surface area contributed by atoms with Gasteiger partial charge in [-0.25, -0.2) is 19.2 Å². The third-order valence-electron chi connectivity index (χ3n) is 10.6. The molecule has 334 valence electrons. The highest BCUT2D eigenvalue weighted by atomic mass is 35.5. The molecule has 1 amide bonds. The Morgan fingerprint density at radius 2 is 1.05 bits per heavy atom. The van der Waals surface area contributed by atoms with Crippen LogP contribution in [0.5, 0.6) is 0 Å². The Labute approximate surface area is 366 Å². The molecule has 7 rings (SSSR count). The number of thiophene rings is 2. The smallest absolute Gasteiger partial charge is 0.416 e. The number of carbonyl (C=O) groups is 4. The summed E-state index contributed by atoms with van der Waals surface area (Å²) in [5.74, 6) is -0.969. The number of benzene rings is 3. The van der Waals surface area contributed by atoms with Gasteiger partial charge in [0.05, 0.1) is 39.6 Å². The number of hydrogen-bond acceptors (Lipinski definition) is 11. The SMILES string of the molecule is COC(=O)Cl.COC(=O)c1sc2cc(C(F)(F)F)ccc2c1C1CCN(C(=O)OC)CC1.COC(=O)c1sc2cc(C(F)(F)F)ccc2c1C1CCN(Cc2ccccc2)CC1. The maximum absolute atomic E-state index is 13.1. The maximum atomic E-state index is 13.1. The third-order valence-corrected chi connectivity index (χ3v) is 13.0. The molecule has 0 N–H and O–H groups in total. The number of ether oxygens (including phenoxy) is 4. The van der Waals surface area contributed by atoms with Crippen molar-refractivity contribution >= 4 is 77.9 Å². The first-order chi connectivity index (χ1) is 29.4. The zero-order valence-corrected chi connectivity index (χ0v) is 36.4. The van der Waals surface area contributed by atoms with Crippen LogP contribution in [0.2, 0.25) is 0 Å². The lowest BCUT2D eigenvalue weighted by Crippen LogP contribution is -2.37. The van der Waals surface area contributed by atoms with Gasteiger partial charge in [-0.2, -0.15) is 26.3 Å². The van der Waals surface area contributed by atoms with Crippen LogP contribution in [0.3, 0.4) is 0 Å². The summed E-state index contributed by atoms with van der Waals surface area (Å²) in [7, 11) is 5.08. The van der Waals surface area contributed by atoms with Crippen LogP contribution < -0.4 is 0 Å². The van der Waals surface area contributed by atoms with Crippen LogP contribution in [0.15, 0.2) is 66.7 Å². The van der Waals surface area contributed by atoms with E-state index in [-0.39, 0.29) is 11.8 Å². The predicted molar refractivity (Wildman–Crippen MR) is 224 cm³/mol. The van der Waals surface area contributed by atoms with E-state index in [2.05, 4.69) is 33.4 Å². The van der Waals surface area contributed by atoms with E-state index >= 15 is 0 Å². The molecule has 2 aliphatic heterocycles. The molecule has 10 nitrogen and oxygen atoms in total. The van der Waals surface area contributed by atoms with Crippen molar-refractivity contribution in [3.63, 3.8) is 0 Å². The lowest BCUT2D eigenvalue weighted by molar-refractivity contribution is -0.138. The summed E-state index contributed by atoms with van der Waals surface area (Å²) in [5.41, 5.74) is 0.587. The normalized spacial score (nSPS) is 15.2. The van der Waals surface area contributed by atoms with Gasteiger partial charge in [-0.05, 0) is 102 Å². The lowest BCUT2D eigenvalue weighted by atomic mass is 9.87. The number of carbonyl (C=O) groups excluding carboxylic acids is 4. The van der Waals surface area contributed by atoms with Crippen molar-refractivity contribution in [3.8, 4) is 0 Å². The van der Waals surface area contributed by atoms with Crippen LogP contribution in [0.4, 0.5) is 35.9 Å². The van der Waals surface area contributed by atoms with Gasteiger partial charge in [0.1, 0.15) is 9.75 Å². The first-order valence-corrected chi connectivity index (χ1v) is 21.2. The first-order valence-electron chi connectivity index (χ1n) is 19.2. The highest BCUT2D eigenvalue weighted by molar-refractivity contribution is 7.21. The van der Waals surface area contributed by atoms with E-state index < -0.39 is 46.9 Å². The average molecular weight is 929 g/mol. The van der Waals surface area contributed by atoms with Gasteiger partial charge in [0.2, 0.25) is 0 Å². The fourth-order valence-corrected chi connectivity index (χ4v) is 10.1. The second-order valence-corrected chi connectivity index (χ2v) is 16.7. The van der Waals surface area contributed by atoms with E-state index in [0.717, 1.165) is 90.4 Å². The minimum absolute atomic E-state index is 0.0505. The highest BCUT2D eigenvalue weighted by Crippen LogP contribution is 2.45. The van der Waals surface area contributed by atoms with Gasteiger partial charge < -0.3 is 23.8 Å². The standard InChI is InChI=1S/C23H22F3NO2S.C18H18F3NO4S.C2H3ClO2/c1-29-22(28)21-20(18-8-7-17(23(24,25)26)13-19(18)30-21)16-9-11-27(12-10-16)14-15-5-3-2-4-6-15;1-25-16(23)15-14(10-5-7-22(8-6-10)17(24)26-2)12-4-3-11(18(19,20)21)9-13(12)27-15;1-5-2(3)4/h2-8,13,16H,9-12,14H2,1H3;3-4,9-10H,5-8H2,1-2H3;1H3. The van der Waals surface area contributed by atoms with Gasteiger partial charge in [0.25, 0.3) is 0 Å². The zero-order chi connectivity index (χ0) is 45.4. The molecule has 0 saturated carbocycles. The van der Waals surface area contributed by atoms with Gasteiger partial charge in [0.15, 0.2) is 0 Å². The van der Waals surface area contributed by atoms with Crippen LogP contribution >= 0.6 is 34.3 Å². The molecule has 19 heteroatoms. The van der Waals surface area contributed by atoms with Crippen molar-refractivity contribution in [2.75, 3.05) is 54.6 Å². The van der Waals surface area contributed by atoms with Gasteiger partial charge in [0, 0.05) is 40.6 Å². The van der Waals surface area contributed by atoms with Crippen molar-refractivity contribution < 1.29 is 64.5 Å². The summed E-state index contributed by atoms with van der Waals surface area (Å²) < 4.78 is 97.7. The second-order valence-electron chi connectivity index (χ2n) is 14.3. The zero-order valence-electron chi connectivity index (χ0n) is 34.0. The summed E-state index contributed by atoms with van der Waals surface area (Å²) >= 11 is 6.71. The first kappa shape index (κ1) is 48.1. The molecule has 0 spiro atoms. The molecule has 0 radical (unpaired) electrons. The van der Waals surface area contributed by atoms with Crippen molar-refractivity contribution in [2.24, 2.45) is 0 Å². The Balaban J connectivity index is 0.000000212. The number of esters is 2. The van der Waals surface area contributed by atoms with Crippen molar-refractivity contribution in [1.29, 1.82) is 0 Å².